The second-order valence-corrected chi connectivity index (χ2v) is 9.60. The average Bonchev–Trinajstić information content (AvgIpc) is 3.27. The number of amides is 2. The zero-order valence-corrected chi connectivity index (χ0v) is 15.8. The summed E-state index contributed by atoms with van der Waals surface area (Å²) in [4.78, 5) is 13.9. The van der Waals surface area contributed by atoms with Crippen LogP contribution in [0.15, 0.2) is 40.3 Å². The minimum absolute atomic E-state index is 0.0138. The first-order valence-electron chi connectivity index (χ1n) is 9.82. The van der Waals surface area contributed by atoms with Crippen molar-refractivity contribution in [1.29, 1.82) is 0 Å². The predicted molar refractivity (Wildman–Crippen MR) is 102 cm³/mol. The zero-order valence-electron chi connectivity index (χ0n) is 14.9. The zero-order chi connectivity index (χ0) is 17.6. The van der Waals surface area contributed by atoms with Crippen molar-refractivity contribution in [3.05, 3.63) is 46.5 Å². The lowest BCUT2D eigenvalue weighted by molar-refractivity contribution is -0.0135. The van der Waals surface area contributed by atoms with Crippen LogP contribution in [0.25, 0.3) is 0 Å². The largest absolute Gasteiger partial charge is 0.469 e. The van der Waals surface area contributed by atoms with E-state index in [9.17, 15) is 4.79 Å². The topological polar surface area (TPSA) is 54.3 Å². The van der Waals surface area contributed by atoms with Crippen LogP contribution in [0.4, 0.5) is 4.79 Å². The molecule has 2 amide bonds. The number of furan rings is 1. The molecular weight excluding hydrogens is 344 g/mol. The molecule has 0 radical (unpaired) electrons. The molecule has 4 bridgehead atoms. The van der Waals surface area contributed by atoms with Crippen LogP contribution in [-0.4, -0.2) is 18.1 Å². The molecule has 2 aromatic heterocycles. The van der Waals surface area contributed by atoms with Gasteiger partial charge < -0.3 is 15.1 Å². The third kappa shape index (κ3) is 3.07. The lowest BCUT2D eigenvalue weighted by Crippen LogP contribution is -2.61. The smallest absolute Gasteiger partial charge is 0.315 e. The summed E-state index contributed by atoms with van der Waals surface area (Å²) in [6.07, 6.45) is 9.41. The highest BCUT2D eigenvalue weighted by atomic mass is 32.1. The lowest BCUT2D eigenvalue weighted by atomic mass is 9.53. The first-order valence-corrected chi connectivity index (χ1v) is 10.7. The molecular formula is C21H26N2O2S. The Morgan fingerprint density at radius 1 is 1.15 bits per heavy atom. The van der Waals surface area contributed by atoms with Gasteiger partial charge in [0.25, 0.3) is 0 Å². The van der Waals surface area contributed by atoms with Gasteiger partial charge in [-0.3, -0.25) is 0 Å². The minimum Gasteiger partial charge on any atom is -0.469 e. The quantitative estimate of drug-likeness (QED) is 0.799. The van der Waals surface area contributed by atoms with Crippen LogP contribution in [0.5, 0.6) is 0 Å². The number of rotatable bonds is 5. The number of hydrogen-bond acceptors (Lipinski definition) is 3. The molecule has 1 atom stereocenters. The van der Waals surface area contributed by atoms with Gasteiger partial charge in [0, 0.05) is 17.0 Å². The van der Waals surface area contributed by atoms with E-state index in [1.165, 1.54) is 43.4 Å². The molecule has 4 nitrogen and oxygen atoms in total. The van der Waals surface area contributed by atoms with Gasteiger partial charge >= 0.3 is 6.03 Å². The van der Waals surface area contributed by atoms with Gasteiger partial charge in [0.2, 0.25) is 0 Å². The molecule has 0 spiro atoms. The molecule has 0 aliphatic heterocycles. The third-order valence-electron chi connectivity index (χ3n) is 6.66. The summed E-state index contributed by atoms with van der Waals surface area (Å²) in [6, 6.07) is 8.04. The van der Waals surface area contributed by atoms with Crippen molar-refractivity contribution in [2.45, 2.75) is 50.0 Å². The molecule has 4 saturated carbocycles. The van der Waals surface area contributed by atoms with Crippen LogP contribution >= 0.6 is 11.3 Å². The molecule has 138 valence electrons. The van der Waals surface area contributed by atoms with Crippen LogP contribution in [0.3, 0.4) is 0 Å². The highest BCUT2D eigenvalue weighted by Gasteiger charge is 2.51. The van der Waals surface area contributed by atoms with E-state index >= 15 is 0 Å². The molecule has 2 N–H and O–H groups in total. The Morgan fingerprint density at radius 3 is 2.46 bits per heavy atom. The van der Waals surface area contributed by atoms with E-state index in [0.29, 0.717) is 6.54 Å². The minimum atomic E-state index is -0.0138. The summed E-state index contributed by atoms with van der Waals surface area (Å²) in [5, 5.41) is 8.59. The van der Waals surface area contributed by atoms with Crippen molar-refractivity contribution in [1.82, 2.24) is 10.6 Å². The van der Waals surface area contributed by atoms with Crippen LogP contribution in [0.2, 0.25) is 0 Å². The molecule has 2 heterocycles. The van der Waals surface area contributed by atoms with Gasteiger partial charge in [-0.2, -0.15) is 0 Å². The number of thiophene rings is 1. The Hall–Kier alpha value is -1.75. The summed E-state index contributed by atoms with van der Waals surface area (Å²) < 4.78 is 5.62. The maximum atomic E-state index is 12.7. The average molecular weight is 371 g/mol. The van der Waals surface area contributed by atoms with E-state index in [0.717, 1.165) is 23.5 Å². The Labute approximate surface area is 158 Å². The third-order valence-corrected chi connectivity index (χ3v) is 7.64. The van der Waals surface area contributed by atoms with E-state index in [-0.39, 0.29) is 17.5 Å². The monoisotopic (exact) mass is 370 g/mol. The molecule has 0 saturated heterocycles. The van der Waals surface area contributed by atoms with E-state index in [2.05, 4.69) is 22.1 Å². The van der Waals surface area contributed by atoms with Crippen LogP contribution < -0.4 is 10.6 Å². The Kier molecular flexibility index (Phi) is 4.07. The Morgan fingerprint density at radius 2 is 1.88 bits per heavy atom. The SMILES string of the molecule is O=C(NC[C@@H](c1ccco1)c1cccs1)NC12CC3CC(CC(C3)C1)C2. The van der Waals surface area contributed by atoms with Crippen LogP contribution in [0.1, 0.15) is 55.1 Å². The molecule has 4 aliphatic rings. The van der Waals surface area contributed by atoms with Crippen molar-refractivity contribution in [3.8, 4) is 0 Å². The summed E-state index contributed by atoms with van der Waals surface area (Å²) in [5.41, 5.74) is 0.0575. The highest BCUT2D eigenvalue weighted by molar-refractivity contribution is 7.10. The van der Waals surface area contributed by atoms with Gasteiger partial charge in [0.15, 0.2) is 0 Å². The van der Waals surface area contributed by atoms with Crippen LogP contribution in [-0.2, 0) is 0 Å². The fourth-order valence-corrected chi connectivity index (χ4v) is 6.90. The van der Waals surface area contributed by atoms with E-state index in [4.69, 9.17) is 4.42 Å². The van der Waals surface area contributed by atoms with Gasteiger partial charge in [-0.25, -0.2) is 4.79 Å². The maximum absolute atomic E-state index is 12.7. The normalized spacial score (nSPS) is 33.2. The Balaban J connectivity index is 1.24. The predicted octanol–water partition coefficient (Wildman–Crippen LogP) is 4.74. The van der Waals surface area contributed by atoms with E-state index in [1.54, 1.807) is 17.6 Å². The highest BCUT2D eigenvalue weighted by Crippen LogP contribution is 2.55. The van der Waals surface area contributed by atoms with Gasteiger partial charge in [-0.1, -0.05) is 6.07 Å². The molecule has 6 rings (SSSR count). The maximum Gasteiger partial charge on any atom is 0.315 e. The number of urea groups is 1. The lowest BCUT2D eigenvalue weighted by Gasteiger charge is -2.56. The second-order valence-electron chi connectivity index (χ2n) is 8.62. The standard InChI is InChI=1S/C21H26N2O2S/c24-20(23-21-10-14-7-15(11-21)9-16(8-14)12-21)22-13-17(18-3-1-5-25-18)19-4-2-6-26-19/h1-6,14-17H,7-13H2,(H2,22,23,24)/t14?,15?,16?,17-,21?/m0/s1. The number of nitrogens with one attached hydrogen (secondary N) is 2. The van der Waals surface area contributed by atoms with Crippen LogP contribution in [0, 0.1) is 17.8 Å². The Bertz CT molecular complexity index is 684. The molecule has 5 heteroatoms. The second kappa shape index (κ2) is 6.45. The van der Waals surface area contributed by atoms with Crippen molar-refractivity contribution in [2.75, 3.05) is 6.54 Å². The van der Waals surface area contributed by atoms with Gasteiger partial charge in [0.1, 0.15) is 5.76 Å². The summed E-state index contributed by atoms with van der Waals surface area (Å²) in [6.45, 7) is 0.562. The summed E-state index contributed by atoms with van der Waals surface area (Å²) in [7, 11) is 0. The molecule has 0 unspecified atom stereocenters. The van der Waals surface area contributed by atoms with Crippen molar-refractivity contribution >= 4 is 17.4 Å². The first-order chi connectivity index (χ1) is 12.7. The summed E-state index contributed by atoms with van der Waals surface area (Å²) in [5.74, 6) is 3.49. The van der Waals surface area contributed by atoms with Crippen molar-refractivity contribution < 1.29 is 9.21 Å². The number of carbonyl (C=O) groups excluding carboxylic acids is 1. The van der Waals surface area contributed by atoms with Gasteiger partial charge in [0.05, 0.1) is 12.2 Å². The summed E-state index contributed by atoms with van der Waals surface area (Å²) >= 11 is 1.70. The molecule has 4 aliphatic carbocycles. The number of hydrogen-bond donors (Lipinski definition) is 2. The van der Waals surface area contributed by atoms with E-state index in [1.807, 2.05) is 18.2 Å². The molecule has 26 heavy (non-hydrogen) atoms. The van der Waals surface area contributed by atoms with Gasteiger partial charge in [-0.15, -0.1) is 11.3 Å². The van der Waals surface area contributed by atoms with E-state index < -0.39 is 0 Å². The fourth-order valence-electron chi connectivity index (χ4n) is 6.06. The fraction of sp³-hybridized carbons (Fsp3) is 0.571. The van der Waals surface area contributed by atoms with Crippen molar-refractivity contribution in [2.24, 2.45) is 17.8 Å². The first kappa shape index (κ1) is 16.4. The van der Waals surface area contributed by atoms with Gasteiger partial charge in [-0.05, 0) is 79.9 Å². The molecule has 0 aromatic carbocycles. The molecule has 4 fully saturated rings. The molecule has 2 aromatic rings. The number of carbonyl (C=O) groups is 1. The van der Waals surface area contributed by atoms with Crippen molar-refractivity contribution in [3.63, 3.8) is 0 Å².